The van der Waals surface area contributed by atoms with Gasteiger partial charge in [0.05, 0.1) is 12.2 Å². The highest BCUT2D eigenvalue weighted by atomic mass is 35.5. The molecule has 160 valence electrons. The zero-order chi connectivity index (χ0) is 22.2. The van der Waals surface area contributed by atoms with Crippen molar-refractivity contribution in [3.63, 3.8) is 0 Å². The number of benzene rings is 1. The first kappa shape index (κ1) is 20.7. The largest absolute Gasteiger partial charge is 0.618 e. The summed E-state index contributed by atoms with van der Waals surface area (Å²) in [6.07, 6.45) is 1.00. The van der Waals surface area contributed by atoms with Gasteiger partial charge < -0.3 is 15.8 Å². The van der Waals surface area contributed by atoms with E-state index in [0.717, 1.165) is 12.3 Å². The number of aromatic nitrogens is 5. The first-order chi connectivity index (χ1) is 14.7. The molecule has 0 aliphatic carbocycles. The monoisotopic (exact) mass is 449 g/mol. The number of rotatable bonds is 6. The van der Waals surface area contributed by atoms with Crippen LogP contribution in [0.2, 0.25) is 5.02 Å². The molecule has 0 amide bonds. The summed E-state index contributed by atoms with van der Waals surface area (Å²) in [6.45, 7) is 0.786. The number of alkyl halides is 2. The highest BCUT2D eigenvalue weighted by Crippen LogP contribution is 2.26. The maximum atomic E-state index is 14.6. The van der Waals surface area contributed by atoms with E-state index in [9.17, 15) is 18.4 Å². The fourth-order valence-electron chi connectivity index (χ4n) is 2.88. The smallest absolute Gasteiger partial charge is 0.347 e. The molecule has 0 spiro atoms. The molecular formula is C19H15ClF3N7O. The van der Waals surface area contributed by atoms with Crippen LogP contribution in [0.15, 0.2) is 48.7 Å². The second-order valence-corrected chi connectivity index (χ2v) is 7.09. The number of halogens is 4. The van der Waals surface area contributed by atoms with Gasteiger partial charge >= 0.3 is 5.92 Å². The van der Waals surface area contributed by atoms with Crippen LogP contribution >= 0.6 is 11.6 Å². The predicted molar refractivity (Wildman–Crippen MR) is 108 cm³/mol. The van der Waals surface area contributed by atoms with E-state index in [0.29, 0.717) is 10.7 Å². The van der Waals surface area contributed by atoms with Gasteiger partial charge in [0.1, 0.15) is 11.6 Å². The molecule has 0 atom stereocenters. The Balaban J connectivity index is 1.62. The minimum atomic E-state index is -3.46. The lowest BCUT2D eigenvalue weighted by molar-refractivity contribution is -0.624. The van der Waals surface area contributed by atoms with Crippen LogP contribution in [0.3, 0.4) is 0 Å². The SMILES string of the molecule is Cc1cc(NCC(F)(F)c2cccc[n+]2[O-])n2nc(Nc3cc(Cl)ccc3F)nc2n1. The molecule has 0 aliphatic heterocycles. The van der Waals surface area contributed by atoms with Gasteiger partial charge in [0.15, 0.2) is 6.20 Å². The summed E-state index contributed by atoms with van der Waals surface area (Å²) in [5.74, 6) is -3.76. The van der Waals surface area contributed by atoms with Crippen molar-refractivity contribution in [1.82, 2.24) is 19.6 Å². The number of aryl methyl sites for hydroxylation is 1. The molecule has 3 heterocycles. The third-order valence-electron chi connectivity index (χ3n) is 4.31. The predicted octanol–water partition coefficient (Wildman–Crippen LogP) is 3.81. The topological polar surface area (TPSA) is 94.1 Å². The molecule has 0 bridgehead atoms. The molecule has 0 unspecified atom stereocenters. The lowest BCUT2D eigenvalue weighted by Gasteiger charge is -2.17. The molecule has 8 nitrogen and oxygen atoms in total. The molecule has 0 radical (unpaired) electrons. The van der Waals surface area contributed by atoms with Gasteiger partial charge in [-0.25, -0.2) is 9.37 Å². The Kier molecular flexibility index (Phi) is 5.27. The average molecular weight is 450 g/mol. The van der Waals surface area contributed by atoms with Crippen molar-refractivity contribution in [2.24, 2.45) is 0 Å². The number of pyridine rings is 1. The Morgan fingerprint density at radius 1 is 1.19 bits per heavy atom. The van der Waals surface area contributed by atoms with Crippen molar-refractivity contribution in [2.45, 2.75) is 12.8 Å². The van der Waals surface area contributed by atoms with Gasteiger partial charge in [-0.05, 0) is 31.2 Å². The van der Waals surface area contributed by atoms with Crippen LogP contribution in [0.25, 0.3) is 5.78 Å². The summed E-state index contributed by atoms with van der Waals surface area (Å²) < 4.78 is 44.4. The summed E-state index contributed by atoms with van der Waals surface area (Å²) in [6, 6.07) is 9.21. The van der Waals surface area contributed by atoms with Crippen molar-refractivity contribution in [1.29, 1.82) is 0 Å². The molecule has 0 aliphatic rings. The van der Waals surface area contributed by atoms with Crippen LogP contribution in [-0.2, 0) is 5.92 Å². The maximum absolute atomic E-state index is 14.6. The lowest BCUT2D eigenvalue weighted by atomic mass is 10.2. The van der Waals surface area contributed by atoms with E-state index in [4.69, 9.17) is 11.6 Å². The Morgan fingerprint density at radius 3 is 2.77 bits per heavy atom. The van der Waals surface area contributed by atoms with Crippen molar-refractivity contribution < 1.29 is 17.9 Å². The normalized spacial score (nSPS) is 11.6. The van der Waals surface area contributed by atoms with Crippen LogP contribution in [0, 0.1) is 17.9 Å². The van der Waals surface area contributed by atoms with E-state index in [2.05, 4.69) is 25.7 Å². The minimum absolute atomic E-state index is 0.00506. The first-order valence-corrected chi connectivity index (χ1v) is 9.37. The summed E-state index contributed by atoms with van der Waals surface area (Å²) >= 11 is 5.88. The molecule has 12 heteroatoms. The molecule has 31 heavy (non-hydrogen) atoms. The minimum Gasteiger partial charge on any atom is -0.618 e. The molecule has 0 saturated carbocycles. The van der Waals surface area contributed by atoms with Gasteiger partial charge in [0, 0.05) is 28.9 Å². The third-order valence-corrected chi connectivity index (χ3v) is 4.54. The van der Waals surface area contributed by atoms with Crippen molar-refractivity contribution >= 4 is 34.8 Å². The third kappa shape index (κ3) is 4.31. The Bertz CT molecular complexity index is 1260. The van der Waals surface area contributed by atoms with Gasteiger partial charge in [0.2, 0.25) is 5.95 Å². The van der Waals surface area contributed by atoms with E-state index >= 15 is 0 Å². The number of hydrogen-bond acceptors (Lipinski definition) is 6. The van der Waals surface area contributed by atoms with Crippen LogP contribution in [0.1, 0.15) is 11.4 Å². The maximum Gasteiger partial charge on any atom is 0.347 e. The summed E-state index contributed by atoms with van der Waals surface area (Å²) in [7, 11) is 0. The molecule has 2 N–H and O–H groups in total. The molecule has 4 rings (SSSR count). The van der Waals surface area contributed by atoms with E-state index in [1.807, 2.05) is 0 Å². The van der Waals surface area contributed by atoms with E-state index in [-0.39, 0.29) is 28.0 Å². The molecule has 0 saturated heterocycles. The van der Waals surface area contributed by atoms with Crippen LogP contribution < -0.4 is 15.4 Å². The number of nitrogens with one attached hydrogen (secondary N) is 2. The van der Waals surface area contributed by atoms with Gasteiger partial charge in [0.25, 0.3) is 11.5 Å². The van der Waals surface area contributed by atoms with Gasteiger partial charge in [-0.3, -0.25) is 0 Å². The molecular weight excluding hydrogens is 435 g/mol. The van der Waals surface area contributed by atoms with E-state index < -0.39 is 24.0 Å². The summed E-state index contributed by atoms with van der Waals surface area (Å²) in [4.78, 5) is 8.36. The molecule has 4 aromatic rings. The molecule has 3 aromatic heterocycles. The van der Waals surface area contributed by atoms with Crippen molar-refractivity contribution in [3.8, 4) is 0 Å². The van der Waals surface area contributed by atoms with Gasteiger partial charge in [-0.15, -0.1) is 5.10 Å². The van der Waals surface area contributed by atoms with E-state index in [1.54, 1.807) is 6.92 Å². The highest BCUT2D eigenvalue weighted by Gasteiger charge is 2.39. The fourth-order valence-corrected chi connectivity index (χ4v) is 3.06. The van der Waals surface area contributed by atoms with Crippen LogP contribution in [0.4, 0.5) is 30.6 Å². The van der Waals surface area contributed by atoms with Gasteiger partial charge in [-0.2, -0.15) is 23.0 Å². The number of fused-ring (bicyclic) bond motifs is 1. The average Bonchev–Trinajstić information content (AvgIpc) is 3.11. The molecule has 0 fully saturated rings. The van der Waals surface area contributed by atoms with Gasteiger partial charge in [-0.1, -0.05) is 11.6 Å². The van der Waals surface area contributed by atoms with E-state index in [1.165, 1.54) is 40.9 Å². The Labute approximate surface area is 178 Å². The van der Waals surface area contributed by atoms with Crippen LogP contribution in [0.5, 0.6) is 0 Å². The fraction of sp³-hybridized carbons (Fsp3) is 0.158. The second-order valence-electron chi connectivity index (χ2n) is 6.65. The summed E-state index contributed by atoms with van der Waals surface area (Å²) in [5, 5.41) is 21.4. The van der Waals surface area contributed by atoms with Crippen molar-refractivity contribution in [2.75, 3.05) is 17.2 Å². The first-order valence-electron chi connectivity index (χ1n) is 9.00. The zero-order valence-corrected chi connectivity index (χ0v) is 16.7. The Hall–Kier alpha value is -3.60. The number of hydrogen-bond donors (Lipinski definition) is 2. The Morgan fingerprint density at radius 2 is 2.00 bits per heavy atom. The highest BCUT2D eigenvalue weighted by molar-refractivity contribution is 6.30. The van der Waals surface area contributed by atoms with Crippen molar-refractivity contribution in [3.05, 3.63) is 76.1 Å². The zero-order valence-electron chi connectivity index (χ0n) is 16.0. The number of nitrogens with zero attached hydrogens (tertiary/aromatic N) is 5. The summed E-state index contributed by atoms with van der Waals surface area (Å²) in [5.41, 5.74) is -0.156. The standard InChI is InChI=1S/C19H15ClF3N7O/c1-11-8-16(24-10-19(22,23)15-4-2-3-7-29(15)31)30-18(25-11)27-17(28-30)26-14-9-12(20)5-6-13(14)21/h2-9,24H,10H2,1H3,(H,26,28). The number of anilines is 3. The quantitative estimate of drug-likeness (QED) is 0.343. The second kappa shape index (κ2) is 7.91. The molecule has 1 aromatic carbocycles. The van der Waals surface area contributed by atoms with Crippen LogP contribution in [-0.4, -0.2) is 26.1 Å². The lowest BCUT2D eigenvalue weighted by Crippen LogP contribution is -2.41.